The fourth-order valence-corrected chi connectivity index (χ4v) is 2.04. The van der Waals surface area contributed by atoms with Crippen LogP contribution in [0.5, 0.6) is 5.88 Å². The van der Waals surface area contributed by atoms with Crippen LogP contribution in [0.3, 0.4) is 0 Å². The van der Waals surface area contributed by atoms with Gasteiger partial charge in [0.05, 0.1) is 7.11 Å². The van der Waals surface area contributed by atoms with Gasteiger partial charge in [0.25, 0.3) is 0 Å². The Bertz CT molecular complexity index is 545. The molecule has 0 saturated heterocycles. The number of halogens is 1. The molecule has 1 atom stereocenters. The van der Waals surface area contributed by atoms with Crippen LogP contribution in [0, 0.1) is 0 Å². The van der Waals surface area contributed by atoms with Crippen LogP contribution in [0.1, 0.15) is 24.1 Å². The highest BCUT2D eigenvalue weighted by atomic mass is 35.5. The van der Waals surface area contributed by atoms with Crippen molar-refractivity contribution in [2.75, 3.05) is 7.11 Å². The summed E-state index contributed by atoms with van der Waals surface area (Å²) in [6, 6.07) is 12.0. The average molecular weight is 277 g/mol. The van der Waals surface area contributed by atoms with Gasteiger partial charge >= 0.3 is 0 Å². The fourth-order valence-electron chi connectivity index (χ4n) is 1.84. The van der Waals surface area contributed by atoms with Crippen molar-refractivity contribution in [2.45, 2.75) is 19.5 Å². The topological polar surface area (TPSA) is 34.1 Å². The molecule has 0 saturated carbocycles. The van der Waals surface area contributed by atoms with Crippen molar-refractivity contribution in [3.8, 4) is 5.88 Å². The van der Waals surface area contributed by atoms with Gasteiger partial charge in [0, 0.05) is 29.9 Å². The first kappa shape index (κ1) is 13.8. The Labute approximate surface area is 118 Å². The predicted molar refractivity (Wildman–Crippen MR) is 77.5 cm³/mol. The normalized spacial score (nSPS) is 12.2. The van der Waals surface area contributed by atoms with Crippen molar-refractivity contribution < 1.29 is 4.74 Å². The fraction of sp³-hybridized carbons (Fsp3) is 0.267. The Morgan fingerprint density at radius 1 is 1.32 bits per heavy atom. The van der Waals surface area contributed by atoms with Crippen LogP contribution in [0.4, 0.5) is 0 Å². The monoisotopic (exact) mass is 276 g/mol. The zero-order valence-corrected chi connectivity index (χ0v) is 11.8. The molecule has 2 rings (SSSR count). The summed E-state index contributed by atoms with van der Waals surface area (Å²) in [7, 11) is 1.62. The Morgan fingerprint density at radius 3 is 2.89 bits per heavy atom. The van der Waals surface area contributed by atoms with E-state index in [2.05, 4.69) is 23.3 Å². The quantitative estimate of drug-likeness (QED) is 0.906. The van der Waals surface area contributed by atoms with Gasteiger partial charge in [-0.3, -0.25) is 0 Å². The summed E-state index contributed by atoms with van der Waals surface area (Å²) in [5.74, 6) is 0.634. The number of hydrogen-bond acceptors (Lipinski definition) is 3. The number of benzene rings is 1. The molecular weight excluding hydrogens is 260 g/mol. The van der Waals surface area contributed by atoms with Gasteiger partial charge < -0.3 is 10.1 Å². The number of rotatable bonds is 5. The van der Waals surface area contributed by atoms with Crippen molar-refractivity contribution in [3.63, 3.8) is 0 Å². The Kier molecular flexibility index (Phi) is 4.77. The standard InChI is InChI=1S/C15H17ClN2O/c1-11(13-4-3-5-14(16)9-13)18-10-12-6-7-17-15(8-12)19-2/h3-9,11,18H,10H2,1-2H3. The third kappa shape index (κ3) is 3.94. The number of aromatic nitrogens is 1. The van der Waals surface area contributed by atoms with E-state index in [1.165, 1.54) is 5.56 Å². The van der Waals surface area contributed by atoms with Crippen LogP contribution in [0.15, 0.2) is 42.6 Å². The minimum Gasteiger partial charge on any atom is -0.481 e. The van der Waals surface area contributed by atoms with Crippen LogP contribution in [0.2, 0.25) is 5.02 Å². The summed E-state index contributed by atoms with van der Waals surface area (Å²) in [6.07, 6.45) is 1.75. The molecule has 0 aliphatic carbocycles. The molecule has 0 bridgehead atoms. The van der Waals surface area contributed by atoms with Crippen LogP contribution >= 0.6 is 11.6 Å². The number of pyridine rings is 1. The summed E-state index contributed by atoms with van der Waals surface area (Å²) in [4.78, 5) is 4.09. The second kappa shape index (κ2) is 6.55. The lowest BCUT2D eigenvalue weighted by Gasteiger charge is -2.14. The molecule has 0 aliphatic heterocycles. The van der Waals surface area contributed by atoms with Gasteiger partial charge in [0.2, 0.25) is 5.88 Å². The lowest BCUT2D eigenvalue weighted by molar-refractivity contribution is 0.397. The van der Waals surface area contributed by atoms with Crippen LogP contribution in [0.25, 0.3) is 0 Å². The molecule has 19 heavy (non-hydrogen) atoms. The highest BCUT2D eigenvalue weighted by molar-refractivity contribution is 6.30. The van der Waals surface area contributed by atoms with Gasteiger partial charge in [-0.15, -0.1) is 0 Å². The molecule has 100 valence electrons. The third-order valence-corrected chi connectivity index (χ3v) is 3.20. The maximum Gasteiger partial charge on any atom is 0.213 e. The number of nitrogens with one attached hydrogen (secondary N) is 1. The average Bonchev–Trinajstić information content (AvgIpc) is 2.45. The van der Waals surface area contributed by atoms with Gasteiger partial charge in [-0.2, -0.15) is 0 Å². The van der Waals surface area contributed by atoms with E-state index in [-0.39, 0.29) is 6.04 Å². The van der Waals surface area contributed by atoms with E-state index in [0.717, 1.165) is 17.1 Å². The molecular formula is C15H17ClN2O. The summed E-state index contributed by atoms with van der Waals surface area (Å²) in [6.45, 7) is 2.87. The Balaban J connectivity index is 1.98. The zero-order valence-electron chi connectivity index (χ0n) is 11.1. The largest absolute Gasteiger partial charge is 0.481 e. The van der Waals surface area contributed by atoms with E-state index in [4.69, 9.17) is 16.3 Å². The maximum absolute atomic E-state index is 5.99. The zero-order chi connectivity index (χ0) is 13.7. The summed E-state index contributed by atoms with van der Waals surface area (Å²) in [5.41, 5.74) is 2.31. The van der Waals surface area contributed by atoms with Crippen LogP contribution in [-0.2, 0) is 6.54 Å². The van der Waals surface area contributed by atoms with Crippen molar-refractivity contribution in [2.24, 2.45) is 0 Å². The minimum absolute atomic E-state index is 0.234. The van der Waals surface area contributed by atoms with Crippen LogP contribution in [-0.4, -0.2) is 12.1 Å². The van der Waals surface area contributed by atoms with Gasteiger partial charge in [-0.25, -0.2) is 4.98 Å². The Hall–Kier alpha value is -1.58. The molecule has 0 spiro atoms. The van der Waals surface area contributed by atoms with Crippen LogP contribution < -0.4 is 10.1 Å². The van der Waals surface area contributed by atoms with Gasteiger partial charge in [-0.05, 0) is 36.2 Å². The molecule has 1 heterocycles. The molecule has 0 amide bonds. The van der Waals surface area contributed by atoms with Gasteiger partial charge in [0.15, 0.2) is 0 Å². The van der Waals surface area contributed by atoms with E-state index in [0.29, 0.717) is 5.88 Å². The third-order valence-electron chi connectivity index (χ3n) is 2.97. The van der Waals surface area contributed by atoms with Gasteiger partial charge in [-0.1, -0.05) is 23.7 Å². The molecule has 4 heteroatoms. The minimum atomic E-state index is 0.234. The van der Waals surface area contributed by atoms with E-state index >= 15 is 0 Å². The van der Waals surface area contributed by atoms with Gasteiger partial charge in [0.1, 0.15) is 0 Å². The van der Waals surface area contributed by atoms with E-state index in [1.807, 2.05) is 30.3 Å². The summed E-state index contributed by atoms with van der Waals surface area (Å²) >= 11 is 5.99. The van der Waals surface area contributed by atoms with Crippen molar-refractivity contribution >= 4 is 11.6 Å². The predicted octanol–water partition coefficient (Wildman–Crippen LogP) is 3.59. The van der Waals surface area contributed by atoms with E-state index in [1.54, 1.807) is 13.3 Å². The maximum atomic E-state index is 5.99. The first-order chi connectivity index (χ1) is 9.19. The molecule has 1 N–H and O–H groups in total. The molecule has 0 aliphatic rings. The second-order valence-corrected chi connectivity index (χ2v) is 4.80. The number of hydrogen-bond donors (Lipinski definition) is 1. The Morgan fingerprint density at radius 2 is 2.16 bits per heavy atom. The molecule has 0 radical (unpaired) electrons. The highest BCUT2D eigenvalue weighted by Gasteiger charge is 2.05. The SMILES string of the molecule is COc1cc(CNC(C)c2cccc(Cl)c2)ccn1. The van der Waals surface area contributed by atoms with E-state index in [9.17, 15) is 0 Å². The summed E-state index contributed by atoms with van der Waals surface area (Å²) in [5, 5.41) is 4.21. The van der Waals surface area contributed by atoms with Crippen molar-refractivity contribution in [3.05, 3.63) is 58.7 Å². The molecule has 1 aromatic carbocycles. The van der Waals surface area contributed by atoms with Crippen molar-refractivity contribution in [1.82, 2.24) is 10.3 Å². The molecule has 2 aromatic rings. The highest BCUT2D eigenvalue weighted by Crippen LogP contribution is 2.18. The smallest absolute Gasteiger partial charge is 0.213 e. The second-order valence-electron chi connectivity index (χ2n) is 4.36. The first-order valence-corrected chi connectivity index (χ1v) is 6.54. The van der Waals surface area contributed by atoms with E-state index < -0.39 is 0 Å². The molecule has 1 unspecified atom stereocenters. The number of nitrogens with zero attached hydrogens (tertiary/aromatic N) is 1. The number of ether oxygens (including phenoxy) is 1. The first-order valence-electron chi connectivity index (χ1n) is 6.17. The summed E-state index contributed by atoms with van der Waals surface area (Å²) < 4.78 is 5.11. The number of methoxy groups -OCH3 is 1. The van der Waals surface area contributed by atoms with Crippen molar-refractivity contribution in [1.29, 1.82) is 0 Å². The lowest BCUT2D eigenvalue weighted by Crippen LogP contribution is -2.18. The molecule has 0 fully saturated rings. The molecule has 1 aromatic heterocycles. The molecule has 3 nitrogen and oxygen atoms in total. The lowest BCUT2D eigenvalue weighted by atomic mass is 10.1.